The van der Waals surface area contributed by atoms with Gasteiger partial charge in [0, 0.05) is 22.3 Å². The Morgan fingerprint density at radius 2 is 1.59 bits per heavy atom. The molecule has 160 valence electrons. The van der Waals surface area contributed by atoms with Crippen LogP contribution in [0, 0.1) is 6.92 Å². The number of hydrogen-bond acceptors (Lipinski definition) is 5. The van der Waals surface area contributed by atoms with Crippen molar-refractivity contribution in [3.8, 4) is 17.1 Å². The molecule has 3 aromatic carbocycles. The Kier molecular flexibility index (Phi) is 5.60. The lowest BCUT2D eigenvalue weighted by Crippen LogP contribution is -2.13. The quantitative estimate of drug-likeness (QED) is 0.430. The molecule has 32 heavy (non-hydrogen) atoms. The molecular weight excluding hydrogens is 408 g/mol. The van der Waals surface area contributed by atoms with Crippen LogP contribution in [0.2, 0.25) is 0 Å². The van der Waals surface area contributed by atoms with Crippen LogP contribution in [-0.2, 0) is 0 Å². The normalized spacial score (nSPS) is 10.8. The Morgan fingerprint density at radius 1 is 0.938 bits per heavy atom. The number of carbonyl (C=O) groups excluding carboxylic acids is 1. The van der Waals surface area contributed by atoms with Crippen LogP contribution >= 0.6 is 0 Å². The van der Waals surface area contributed by atoms with Crippen LogP contribution in [0.25, 0.3) is 22.3 Å². The fourth-order valence-corrected chi connectivity index (χ4v) is 3.61. The van der Waals surface area contributed by atoms with E-state index < -0.39 is 11.4 Å². The first kappa shape index (κ1) is 21.1. The molecule has 4 rings (SSSR count). The number of aromatic carboxylic acids is 1. The maximum atomic E-state index is 13.1. The van der Waals surface area contributed by atoms with E-state index >= 15 is 0 Å². The first-order chi connectivity index (χ1) is 15.4. The molecule has 0 saturated carbocycles. The fourth-order valence-electron chi connectivity index (χ4n) is 3.61. The Morgan fingerprint density at radius 3 is 2.22 bits per heavy atom. The number of rotatable bonds is 6. The topological polar surface area (TPSA) is 93.8 Å². The molecule has 0 aliphatic heterocycles. The summed E-state index contributed by atoms with van der Waals surface area (Å²) in [4.78, 5) is 37.5. The van der Waals surface area contributed by atoms with Crippen LogP contribution in [0.15, 0.2) is 75.9 Å². The number of ketones is 1. The van der Waals surface area contributed by atoms with Gasteiger partial charge in [-0.15, -0.1) is 0 Å². The minimum absolute atomic E-state index is 0.0272. The van der Waals surface area contributed by atoms with Gasteiger partial charge in [0.2, 0.25) is 0 Å². The molecule has 0 saturated heterocycles. The molecule has 0 fully saturated rings. The van der Waals surface area contributed by atoms with Crippen molar-refractivity contribution in [3.05, 3.63) is 99.2 Å². The van der Waals surface area contributed by atoms with E-state index in [-0.39, 0.29) is 27.9 Å². The van der Waals surface area contributed by atoms with Crippen LogP contribution in [0.4, 0.5) is 0 Å². The molecule has 6 nitrogen and oxygen atoms in total. The summed E-state index contributed by atoms with van der Waals surface area (Å²) in [7, 11) is 0. The first-order valence-corrected chi connectivity index (χ1v) is 10.1. The molecule has 0 radical (unpaired) electrons. The standard InChI is InChI=1S/C26H20O6/c1-3-31-20-14-13-19(26(29)30)21-22(27)15(2)24(32-25(20)21)18-11-9-17(10-12-18)23(28)16-7-5-4-6-8-16/h4-14H,3H2,1-2H3,(H,29,30). The van der Waals surface area contributed by atoms with Crippen LogP contribution < -0.4 is 10.2 Å². The van der Waals surface area contributed by atoms with Crippen molar-refractivity contribution >= 4 is 22.7 Å². The molecule has 0 aliphatic carbocycles. The zero-order valence-electron chi connectivity index (χ0n) is 17.5. The van der Waals surface area contributed by atoms with E-state index in [0.717, 1.165) is 0 Å². The summed E-state index contributed by atoms with van der Waals surface area (Å²) in [5.41, 5.74) is 1.45. The highest BCUT2D eigenvalue weighted by atomic mass is 16.5. The summed E-state index contributed by atoms with van der Waals surface area (Å²) in [6, 6.07) is 18.5. The highest BCUT2D eigenvalue weighted by Gasteiger charge is 2.22. The molecule has 0 amide bonds. The summed E-state index contributed by atoms with van der Waals surface area (Å²) in [5, 5.41) is 9.50. The molecule has 0 bridgehead atoms. The molecule has 0 unspecified atom stereocenters. The monoisotopic (exact) mass is 428 g/mol. The van der Waals surface area contributed by atoms with Crippen LogP contribution in [0.5, 0.6) is 5.75 Å². The lowest BCUT2D eigenvalue weighted by Gasteiger charge is -2.12. The van der Waals surface area contributed by atoms with Gasteiger partial charge in [-0.3, -0.25) is 9.59 Å². The van der Waals surface area contributed by atoms with Gasteiger partial charge in [-0.25, -0.2) is 4.79 Å². The number of carboxylic acids is 1. The number of carboxylic acid groups (broad SMARTS) is 1. The van der Waals surface area contributed by atoms with Gasteiger partial charge in [-0.1, -0.05) is 54.6 Å². The van der Waals surface area contributed by atoms with Gasteiger partial charge in [0.25, 0.3) is 0 Å². The Balaban J connectivity index is 1.85. The van der Waals surface area contributed by atoms with E-state index in [1.54, 1.807) is 62.4 Å². The summed E-state index contributed by atoms with van der Waals surface area (Å²) in [6.45, 7) is 3.69. The van der Waals surface area contributed by atoms with Gasteiger partial charge in [0.05, 0.1) is 17.6 Å². The van der Waals surface area contributed by atoms with Gasteiger partial charge < -0.3 is 14.3 Å². The van der Waals surface area contributed by atoms with E-state index in [1.165, 1.54) is 12.1 Å². The van der Waals surface area contributed by atoms with E-state index in [9.17, 15) is 19.5 Å². The second-order valence-corrected chi connectivity index (χ2v) is 7.21. The van der Waals surface area contributed by atoms with Crippen molar-refractivity contribution in [1.29, 1.82) is 0 Å². The Bertz CT molecular complexity index is 1380. The van der Waals surface area contributed by atoms with E-state index in [4.69, 9.17) is 9.15 Å². The van der Waals surface area contributed by atoms with Crippen molar-refractivity contribution in [2.24, 2.45) is 0 Å². The number of carbonyl (C=O) groups is 2. The average molecular weight is 428 g/mol. The summed E-state index contributed by atoms with van der Waals surface area (Å²) in [5.74, 6) is -0.744. The molecular formula is C26H20O6. The zero-order chi connectivity index (χ0) is 22.8. The smallest absolute Gasteiger partial charge is 0.336 e. The zero-order valence-corrected chi connectivity index (χ0v) is 17.5. The highest BCUT2D eigenvalue weighted by molar-refractivity contribution is 6.09. The minimum Gasteiger partial charge on any atom is -0.490 e. The molecule has 4 aromatic rings. The average Bonchev–Trinajstić information content (AvgIpc) is 2.81. The fraction of sp³-hybridized carbons (Fsp3) is 0.115. The maximum Gasteiger partial charge on any atom is 0.336 e. The second-order valence-electron chi connectivity index (χ2n) is 7.21. The third-order valence-electron chi connectivity index (χ3n) is 5.21. The number of fused-ring (bicyclic) bond motifs is 1. The summed E-state index contributed by atoms with van der Waals surface area (Å²) >= 11 is 0. The van der Waals surface area contributed by atoms with Crippen LogP contribution in [0.1, 0.15) is 38.8 Å². The lowest BCUT2D eigenvalue weighted by molar-refractivity contribution is 0.0698. The molecule has 1 aromatic heterocycles. The van der Waals surface area contributed by atoms with Crippen molar-refractivity contribution in [2.45, 2.75) is 13.8 Å². The lowest BCUT2D eigenvalue weighted by atomic mass is 9.99. The Hall–Kier alpha value is -4.19. The van der Waals surface area contributed by atoms with Crippen molar-refractivity contribution in [1.82, 2.24) is 0 Å². The van der Waals surface area contributed by atoms with Crippen molar-refractivity contribution in [2.75, 3.05) is 6.61 Å². The molecule has 0 aliphatic rings. The first-order valence-electron chi connectivity index (χ1n) is 10.1. The molecule has 0 spiro atoms. The molecule has 6 heteroatoms. The van der Waals surface area contributed by atoms with Gasteiger partial charge in [-0.05, 0) is 26.0 Å². The van der Waals surface area contributed by atoms with Crippen molar-refractivity contribution < 1.29 is 23.8 Å². The number of hydrogen-bond donors (Lipinski definition) is 1. The highest BCUT2D eigenvalue weighted by Crippen LogP contribution is 2.33. The number of benzene rings is 3. The molecule has 1 heterocycles. The predicted molar refractivity (Wildman–Crippen MR) is 121 cm³/mol. The predicted octanol–water partition coefficient (Wildman–Crippen LogP) is 5.10. The van der Waals surface area contributed by atoms with E-state index in [1.807, 2.05) is 6.07 Å². The van der Waals surface area contributed by atoms with Gasteiger partial charge in [-0.2, -0.15) is 0 Å². The maximum absolute atomic E-state index is 13.1. The van der Waals surface area contributed by atoms with E-state index in [2.05, 4.69) is 0 Å². The van der Waals surface area contributed by atoms with Crippen LogP contribution in [0.3, 0.4) is 0 Å². The number of ether oxygens (including phenoxy) is 1. The van der Waals surface area contributed by atoms with Gasteiger partial charge in [0.1, 0.15) is 5.76 Å². The van der Waals surface area contributed by atoms with Crippen molar-refractivity contribution in [3.63, 3.8) is 0 Å². The SMILES string of the molecule is CCOc1ccc(C(=O)O)c2c(=O)c(C)c(-c3ccc(C(=O)c4ccccc4)cc3)oc12. The van der Waals surface area contributed by atoms with Gasteiger partial charge >= 0.3 is 5.97 Å². The minimum atomic E-state index is -1.22. The Labute approximate surface area is 183 Å². The van der Waals surface area contributed by atoms with E-state index in [0.29, 0.717) is 34.8 Å². The summed E-state index contributed by atoms with van der Waals surface area (Å²) in [6.07, 6.45) is 0. The largest absolute Gasteiger partial charge is 0.490 e. The third-order valence-corrected chi connectivity index (χ3v) is 5.21. The second kappa shape index (κ2) is 8.51. The van der Waals surface area contributed by atoms with Crippen LogP contribution in [-0.4, -0.2) is 23.5 Å². The molecule has 1 N–H and O–H groups in total. The summed E-state index contributed by atoms with van der Waals surface area (Å²) < 4.78 is 11.6. The molecule has 0 atom stereocenters. The third kappa shape index (κ3) is 3.67. The van der Waals surface area contributed by atoms with Gasteiger partial charge in [0.15, 0.2) is 22.5 Å².